The Bertz CT molecular complexity index is 1020. The maximum Gasteiger partial charge on any atom is 0.322 e. The average Bonchev–Trinajstić information content (AvgIpc) is 3.11. The number of nitrogens with one attached hydrogen (secondary N) is 1. The first-order valence-electron chi connectivity index (χ1n) is 7.94. The number of rotatable bonds is 5. The molecular formula is C18H17N3O4S. The van der Waals surface area contributed by atoms with Crippen molar-refractivity contribution in [2.24, 2.45) is 0 Å². The van der Waals surface area contributed by atoms with E-state index < -0.39 is 9.84 Å². The summed E-state index contributed by atoms with van der Waals surface area (Å²) in [6, 6.07) is 13.2. The number of carbonyl (C=O) groups is 1. The van der Waals surface area contributed by atoms with E-state index in [9.17, 15) is 13.2 Å². The van der Waals surface area contributed by atoms with Gasteiger partial charge in [0.15, 0.2) is 9.84 Å². The summed E-state index contributed by atoms with van der Waals surface area (Å²) in [6.45, 7) is 3.52. The normalized spacial score (nSPS) is 11.3. The molecule has 134 valence electrons. The van der Waals surface area contributed by atoms with Gasteiger partial charge in [-0.05, 0) is 43.3 Å². The summed E-state index contributed by atoms with van der Waals surface area (Å²) in [5.41, 5.74) is 2.09. The maximum absolute atomic E-state index is 12.2. The molecule has 3 aromatic rings. The number of sulfone groups is 1. The molecule has 0 aliphatic carbocycles. The fraction of sp³-hybridized carbons (Fsp3) is 0.167. The highest BCUT2D eigenvalue weighted by Crippen LogP contribution is 2.22. The first-order valence-corrected chi connectivity index (χ1v) is 9.59. The molecule has 1 heterocycles. The van der Waals surface area contributed by atoms with Crippen molar-refractivity contribution >= 4 is 21.8 Å². The van der Waals surface area contributed by atoms with Crippen LogP contribution in [-0.4, -0.2) is 30.3 Å². The molecule has 0 saturated heterocycles. The van der Waals surface area contributed by atoms with E-state index >= 15 is 0 Å². The Hall–Kier alpha value is -3.00. The molecule has 1 N–H and O–H groups in total. The van der Waals surface area contributed by atoms with Crippen LogP contribution in [0, 0.1) is 6.92 Å². The van der Waals surface area contributed by atoms with E-state index in [0.717, 1.165) is 5.56 Å². The number of hydrogen-bond acceptors (Lipinski definition) is 6. The molecule has 3 rings (SSSR count). The van der Waals surface area contributed by atoms with Crippen molar-refractivity contribution in [3.8, 4) is 11.5 Å². The van der Waals surface area contributed by atoms with E-state index in [1.54, 1.807) is 31.2 Å². The molecule has 2 aromatic carbocycles. The fourth-order valence-corrected chi connectivity index (χ4v) is 3.12. The summed E-state index contributed by atoms with van der Waals surface area (Å²) in [5.74, 6) is -0.142. The van der Waals surface area contributed by atoms with Gasteiger partial charge in [0, 0.05) is 11.1 Å². The monoisotopic (exact) mass is 371 g/mol. The highest BCUT2D eigenvalue weighted by molar-refractivity contribution is 7.91. The van der Waals surface area contributed by atoms with E-state index in [1.165, 1.54) is 12.1 Å². The third kappa shape index (κ3) is 3.80. The van der Waals surface area contributed by atoms with Gasteiger partial charge in [-0.25, -0.2) is 8.42 Å². The summed E-state index contributed by atoms with van der Waals surface area (Å²) >= 11 is 0. The van der Waals surface area contributed by atoms with E-state index in [-0.39, 0.29) is 28.5 Å². The topological polar surface area (TPSA) is 102 Å². The summed E-state index contributed by atoms with van der Waals surface area (Å²) in [4.78, 5) is 12.4. The van der Waals surface area contributed by atoms with Crippen LogP contribution in [0.25, 0.3) is 11.5 Å². The summed E-state index contributed by atoms with van der Waals surface area (Å²) in [6.07, 6.45) is 0. The van der Waals surface area contributed by atoms with Crippen molar-refractivity contribution < 1.29 is 17.6 Å². The Morgan fingerprint density at radius 1 is 1.04 bits per heavy atom. The molecule has 26 heavy (non-hydrogen) atoms. The van der Waals surface area contributed by atoms with E-state index in [1.807, 2.05) is 19.1 Å². The first kappa shape index (κ1) is 17.8. The van der Waals surface area contributed by atoms with Gasteiger partial charge in [-0.1, -0.05) is 29.7 Å². The van der Waals surface area contributed by atoms with Crippen molar-refractivity contribution in [2.75, 3.05) is 11.1 Å². The van der Waals surface area contributed by atoms with Crippen LogP contribution >= 0.6 is 0 Å². The number of aromatic nitrogens is 2. The van der Waals surface area contributed by atoms with Crippen LogP contribution in [0.2, 0.25) is 0 Å². The predicted octanol–water partition coefficient (Wildman–Crippen LogP) is 3.09. The molecule has 0 unspecified atom stereocenters. The quantitative estimate of drug-likeness (QED) is 0.739. The highest BCUT2D eigenvalue weighted by atomic mass is 32.2. The number of benzene rings is 2. The zero-order chi connectivity index (χ0) is 18.7. The molecule has 1 amide bonds. The van der Waals surface area contributed by atoms with Gasteiger partial charge in [-0.15, -0.1) is 5.10 Å². The summed E-state index contributed by atoms with van der Waals surface area (Å²) in [5, 5.41) is 10.2. The minimum absolute atomic E-state index is 0.0299. The lowest BCUT2D eigenvalue weighted by Crippen LogP contribution is -2.11. The standard InChI is InChI=1S/C18H17N3O4S/c1-3-26(23,24)15-10-8-14(9-11-15)17-20-21-18(25-17)19-16(22)13-6-4-12(2)5-7-13/h4-11H,3H2,1-2H3,(H,19,21,22). The van der Waals surface area contributed by atoms with E-state index in [4.69, 9.17) is 4.42 Å². The molecule has 0 fully saturated rings. The van der Waals surface area contributed by atoms with Crippen molar-refractivity contribution in [1.82, 2.24) is 10.2 Å². The Morgan fingerprint density at radius 3 is 2.31 bits per heavy atom. The SMILES string of the molecule is CCS(=O)(=O)c1ccc(-c2nnc(NC(=O)c3ccc(C)cc3)o2)cc1. The molecule has 0 aliphatic rings. The fourth-order valence-electron chi connectivity index (χ4n) is 2.24. The molecule has 0 radical (unpaired) electrons. The van der Waals surface area contributed by atoms with Gasteiger partial charge in [0.25, 0.3) is 5.91 Å². The average molecular weight is 371 g/mol. The summed E-state index contributed by atoms with van der Waals surface area (Å²) < 4.78 is 29.1. The van der Waals surface area contributed by atoms with Crippen LogP contribution in [0.3, 0.4) is 0 Å². The first-order chi connectivity index (χ1) is 12.4. The Morgan fingerprint density at radius 2 is 1.69 bits per heavy atom. The second-order valence-electron chi connectivity index (χ2n) is 5.66. The lowest BCUT2D eigenvalue weighted by Gasteiger charge is -2.02. The van der Waals surface area contributed by atoms with Gasteiger partial charge in [-0.2, -0.15) is 0 Å². The number of hydrogen-bond donors (Lipinski definition) is 1. The molecule has 7 nitrogen and oxygen atoms in total. The number of nitrogens with zero attached hydrogens (tertiary/aromatic N) is 2. The molecule has 0 bridgehead atoms. The van der Waals surface area contributed by atoms with Gasteiger partial charge in [0.05, 0.1) is 10.6 Å². The minimum Gasteiger partial charge on any atom is -0.403 e. The molecule has 0 saturated carbocycles. The number of aryl methyl sites for hydroxylation is 1. The highest BCUT2D eigenvalue weighted by Gasteiger charge is 2.15. The summed E-state index contributed by atoms with van der Waals surface area (Å²) in [7, 11) is -3.27. The second kappa shape index (κ2) is 7.09. The van der Waals surface area contributed by atoms with Crippen LogP contribution < -0.4 is 5.32 Å². The number of carbonyl (C=O) groups excluding carboxylic acids is 1. The van der Waals surface area contributed by atoms with Gasteiger partial charge in [0.2, 0.25) is 5.89 Å². The van der Waals surface area contributed by atoms with Gasteiger partial charge < -0.3 is 4.42 Å². The molecule has 0 atom stereocenters. The van der Waals surface area contributed by atoms with Crippen molar-refractivity contribution in [2.45, 2.75) is 18.7 Å². The lowest BCUT2D eigenvalue weighted by atomic mass is 10.1. The molecule has 1 aromatic heterocycles. The van der Waals surface area contributed by atoms with Crippen LogP contribution in [0.1, 0.15) is 22.8 Å². The van der Waals surface area contributed by atoms with E-state index in [2.05, 4.69) is 15.5 Å². The third-order valence-electron chi connectivity index (χ3n) is 3.80. The molecule has 8 heteroatoms. The van der Waals surface area contributed by atoms with Crippen molar-refractivity contribution in [3.05, 3.63) is 59.7 Å². The zero-order valence-electron chi connectivity index (χ0n) is 14.3. The lowest BCUT2D eigenvalue weighted by molar-refractivity contribution is 0.102. The van der Waals surface area contributed by atoms with Gasteiger partial charge in [-0.3, -0.25) is 10.1 Å². The number of anilines is 1. The molecular weight excluding hydrogens is 354 g/mol. The Labute approximate surface area is 151 Å². The maximum atomic E-state index is 12.2. The molecule has 0 aliphatic heterocycles. The number of amides is 1. The smallest absolute Gasteiger partial charge is 0.322 e. The van der Waals surface area contributed by atoms with Crippen LogP contribution in [0.4, 0.5) is 6.01 Å². The van der Waals surface area contributed by atoms with Crippen molar-refractivity contribution in [3.63, 3.8) is 0 Å². The van der Waals surface area contributed by atoms with Crippen LogP contribution in [0.5, 0.6) is 0 Å². The minimum atomic E-state index is -3.27. The Balaban J connectivity index is 1.75. The van der Waals surface area contributed by atoms with Gasteiger partial charge >= 0.3 is 6.01 Å². The third-order valence-corrected chi connectivity index (χ3v) is 5.55. The Kier molecular flexibility index (Phi) is 4.85. The van der Waals surface area contributed by atoms with E-state index in [0.29, 0.717) is 11.1 Å². The van der Waals surface area contributed by atoms with Crippen molar-refractivity contribution in [1.29, 1.82) is 0 Å². The zero-order valence-corrected chi connectivity index (χ0v) is 15.1. The van der Waals surface area contributed by atoms with Crippen LogP contribution in [-0.2, 0) is 9.84 Å². The van der Waals surface area contributed by atoms with Gasteiger partial charge in [0.1, 0.15) is 0 Å². The largest absolute Gasteiger partial charge is 0.403 e. The predicted molar refractivity (Wildman–Crippen MR) is 96.6 cm³/mol. The molecule has 0 spiro atoms. The van der Waals surface area contributed by atoms with Crippen LogP contribution in [0.15, 0.2) is 57.8 Å². The second-order valence-corrected chi connectivity index (χ2v) is 7.94.